The van der Waals surface area contributed by atoms with Gasteiger partial charge in [-0.15, -0.1) is 0 Å². The van der Waals surface area contributed by atoms with Crippen molar-refractivity contribution < 1.29 is 14.6 Å². The Morgan fingerprint density at radius 3 is 2.47 bits per heavy atom. The van der Waals surface area contributed by atoms with Crippen LogP contribution in [0.15, 0.2) is 60.7 Å². The molecule has 38 heavy (non-hydrogen) atoms. The second-order valence-corrected chi connectivity index (χ2v) is 11.6. The van der Waals surface area contributed by atoms with Crippen LogP contribution in [0.25, 0.3) is 0 Å². The third-order valence-electron chi connectivity index (χ3n) is 7.20. The van der Waals surface area contributed by atoms with Gasteiger partial charge < -0.3 is 25.2 Å². The van der Waals surface area contributed by atoms with Gasteiger partial charge in [-0.3, -0.25) is 0 Å². The molecular weight excluding hydrogens is 472 g/mol. The molecule has 3 aromatic rings. The number of fused-ring (bicyclic) bond motifs is 1. The molecule has 3 N–H and O–H groups in total. The molecule has 4 rings (SSSR count). The number of phenolic OH excluding ortho intramolecular Hbond substituents is 1. The molecule has 0 saturated carbocycles. The Morgan fingerprint density at radius 1 is 0.921 bits per heavy atom. The molecule has 1 atom stereocenters. The average molecular weight is 517 g/mol. The highest BCUT2D eigenvalue weighted by molar-refractivity contribution is 5.57. The minimum Gasteiger partial charge on any atom is -0.508 e. The van der Waals surface area contributed by atoms with Crippen LogP contribution in [0.3, 0.4) is 0 Å². The van der Waals surface area contributed by atoms with Crippen LogP contribution in [0, 0.1) is 5.41 Å². The second kappa shape index (κ2) is 13.1. The van der Waals surface area contributed by atoms with Crippen LogP contribution in [-0.2, 0) is 19.3 Å². The number of rotatable bonds is 12. The molecule has 0 spiro atoms. The van der Waals surface area contributed by atoms with Gasteiger partial charge in [-0.25, -0.2) is 0 Å². The molecule has 5 heteroatoms. The number of phenols is 1. The molecule has 0 saturated heterocycles. The van der Waals surface area contributed by atoms with Gasteiger partial charge in [0.15, 0.2) is 0 Å². The number of hydrogen-bond acceptors (Lipinski definition) is 5. The standard InChI is InChI=1S/C33H44N2O3/c1-33(2,3)23-34-18-19-38-29-13-7-24(8-14-29)6-5-17-35-32-22-30(37-4)15-16-31(32)27-10-9-26-21-28(36)12-11-25(26)20-27/h7-8,11-16,21-22,27,34-36H,5-6,9-10,17-20,23H2,1-4H3. The summed E-state index contributed by atoms with van der Waals surface area (Å²) in [4.78, 5) is 0. The van der Waals surface area contributed by atoms with Gasteiger partial charge in [-0.2, -0.15) is 0 Å². The Balaban J connectivity index is 1.26. The Kier molecular flexibility index (Phi) is 9.57. The zero-order valence-electron chi connectivity index (χ0n) is 23.5. The van der Waals surface area contributed by atoms with Gasteiger partial charge >= 0.3 is 0 Å². The molecule has 0 radical (unpaired) electrons. The normalized spacial score (nSPS) is 15.1. The minimum absolute atomic E-state index is 0.290. The number of methoxy groups -OCH3 is 1. The summed E-state index contributed by atoms with van der Waals surface area (Å²) in [6.45, 7) is 10.1. The number of hydrogen-bond donors (Lipinski definition) is 3. The molecule has 0 aromatic heterocycles. The van der Waals surface area contributed by atoms with Gasteiger partial charge in [-0.1, -0.05) is 45.0 Å². The van der Waals surface area contributed by atoms with E-state index in [4.69, 9.17) is 9.47 Å². The molecule has 0 amide bonds. The summed E-state index contributed by atoms with van der Waals surface area (Å²) in [5.74, 6) is 2.62. The van der Waals surface area contributed by atoms with Crippen molar-refractivity contribution in [1.82, 2.24) is 5.32 Å². The van der Waals surface area contributed by atoms with E-state index in [1.54, 1.807) is 13.2 Å². The van der Waals surface area contributed by atoms with Crippen molar-refractivity contribution in [2.45, 2.75) is 58.8 Å². The maximum Gasteiger partial charge on any atom is 0.120 e. The summed E-state index contributed by atoms with van der Waals surface area (Å²) in [5.41, 5.74) is 6.75. The number of aryl methyl sites for hydroxylation is 2. The predicted molar refractivity (Wildman–Crippen MR) is 157 cm³/mol. The lowest BCUT2D eigenvalue weighted by atomic mass is 9.79. The molecule has 5 nitrogen and oxygen atoms in total. The van der Waals surface area contributed by atoms with Crippen molar-refractivity contribution in [3.05, 3.63) is 82.9 Å². The van der Waals surface area contributed by atoms with Crippen LogP contribution in [0.2, 0.25) is 0 Å². The van der Waals surface area contributed by atoms with E-state index in [0.717, 1.165) is 63.2 Å². The fourth-order valence-corrected chi connectivity index (χ4v) is 5.15. The van der Waals surface area contributed by atoms with Crippen LogP contribution in [0.5, 0.6) is 17.2 Å². The van der Waals surface area contributed by atoms with Crippen LogP contribution in [-0.4, -0.2) is 38.5 Å². The largest absolute Gasteiger partial charge is 0.508 e. The highest BCUT2D eigenvalue weighted by Crippen LogP contribution is 2.38. The average Bonchev–Trinajstić information content (AvgIpc) is 2.90. The van der Waals surface area contributed by atoms with Crippen molar-refractivity contribution in [2.75, 3.05) is 38.7 Å². The topological polar surface area (TPSA) is 62.8 Å². The first-order valence-corrected chi connectivity index (χ1v) is 14.0. The van der Waals surface area contributed by atoms with Crippen LogP contribution < -0.4 is 20.1 Å². The Morgan fingerprint density at radius 2 is 1.71 bits per heavy atom. The van der Waals surface area contributed by atoms with E-state index in [2.05, 4.69) is 79.9 Å². The van der Waals surface area contributed by atoms with E-state index in [1.165, 1.54) is 27.9 Å². The van der Waals surface area contributed by atoms with Crippen molar-refractivity contribution in [2.24, 2.45) is 5.41 Å². The van der Waals surface area contributed by atoms with Crippen LogP contribution in [0.1, 0.15) is 61.8 Å². The van der Waals surface area contributed by atoms with E-state index in [1.807, 2.05) is 6.07 Å². The quantitative estimate of drug-likeness (QED) is 0.233. The number of aromatic hydroxyl groups is 1. The minimum atomic E-state index is 0.290. The Hall–Kier alpha value is -3.18. The maximum absolute atomic E-state index is 9.83. The molecule has 1 aliphatic carbocycles. The van der Waals surface area contributed by atoms with E-state index >= 15 is 0 Å². The fourth-order valence-electron chi connectivity index (χ4n) is 5.15. The summed E-state index contributed by atoms with van der Waals surface area (Å²) in [6.07, 6.45) is 5.13. The van der Waals surface area contributed by atoms with Gasteiger partial charge in [-0.05, 0) is 96.0 Å². The summed E-state index contributed by atoms with van der Waals surface area (Å²) in [7, 11) is 1.72. The Bertz CT molecular complexity index is 1170. The van der Waals surface area contributed by atoms with Gasteiger partial charge in [0.2, 0.25) is 0 Å². The smallest absolute Gasteiger partial charge is 0.120 e. The third kappa shape index (κ3) is 8.16. The van der Waals surface area contributed by atoms with E-state index in [0.29, 0.717) is 23.7 Å². The summed E-state index contributed by atoms with van der Waals surface area (Å²) >= 11 is 0. The van der Waals surface area contributed by atoms with Crippen molar-refractivity contribution in [3.8, 4) is 17.2 Å². The predicted octanol–water partition coefficient (Wildman–Crippen LogP) is 6.73. The zero-order valence-corrected chi connectivity index (χ0v) is 23.5. The maximum atomic E-state index is 9.83. The van der Waals surface area contributed by atoms with Crippen molar-refractivity contribution in [3.63, 3.8) is 0 Å². The monoisotopic (exact) mass is 516 g/mol. The van der Waals surface area contributed by atoms with Gasteiger partial charge in [0.05, 0.1) is 7.11 Å². The lowest BCUT2D eigenvalue weighted by Crippen LogP contribution is -2.30. The van der Waals surface area contributed by atoms with E-state index in [9.17, 15) is 5.11 Å². The van der Waals surface area contributed by atoms with E-state index < -0.39 is 0 Å². The molecule has 0 heterocycles. The molecule has 0 bridgehead atoms. The molecule has 0 aliphatic heterocycles. The first-order chi connectivity index (χ1) is 18.3. The number of anilines is 1. The first kappa shape index (κ1) is 27.8. The number of nitrogens with one attached hydrogen (secondary N) is 2. The molecule has 1 unspecified atom stereocenters. The van der Waals surface area contributed by atoms with Crippen LogP contribution in [0.4, 0.5) is 5.69 Å². The number of benzene rings is 3. The van der Waals surface area contributed by atoms with Gasteiger partial charge in [0.1, 0.15) is 23.9 Å². The number of ether oxygens (including phenoxy) is 2. The fraction of sp³-hybridized carbons (Fsp3) is 0.455. The summed E-state index contributed by atoms with van der Waals surface area (Å²) < 4.78 is 11.4. The lowest BCUT2D eigenvalue weighted by Gasteiger charge is -2.27. The van der Waals surface area contributed by atoms with Gasteiger partial charge in [0.25, 0.3) is 0 Å². The first-order valence-electron chi connectivity index (χ1n) is 14.0. The SMILES string of the molecule is COc1ccc(C2CCc3cc(O)ccc3C2)c(NCCCc2ccc(OCCNCC(C)(C)C)cc2)c1. The van der Waals surface area contributed by atoms with Gasteiger partial charge in [0, 0.05) is 31.4 Å². The molecule has 0 fully saturated rings. The third-order valence-corrected chi connectivity index (χ3v) is 7.20. The molecule has 1 aliphatic rings. The molecular formula is C33H44N2O3. The van der Waals surface area contributed by atoms with Crippen molar-refractivity contribution >= 4 is 5.69 Å². The lowest BCUT2D eigenvalue weighted by molar-refractivity contribution is 0.297. The zero-order chi connectivity index (χ0) is 27.0. The van der Waals surface area contributed by atoms with E-state index in [-0.39, 0.29) is 0 Å². The van der Waals surface area contributed by atoms with Crippen LogP contribution >= 0.6 is 0 Å². The summed E-state index contributed by atoms with van der Waals surface area (Å²) in [5, 5.41) is 17.0. The molecule has 204 valence electrons. The Labute approximate surface area is 228 Å². The molecule has 3 aromatic carbocycles. The second-order valence-electron chi connectivity index (χ2n) is 11.6. The highest BCUT2D eigenvalue weighted by Gasteiger charge is 2.23. The van der Waals surface area contributed by atoms with Crippen molar-refractivity contribution in [1.29, 1.82) is 0 Å². The summed E-state index contributed by atoms with van der Waals surface area (Å²) in [6, 6.07) is 20.7. The highest BCUT2D eigenvalue weighted by atomic mass is 16.5.